The molecule has 0 aliphatic rings. The Morgan fingerprint density at radius 3 is 2.43 bits per heavy atom. The molecule has 1 aromatic heterocycles. The summed E-state index contributed by atoms with van der Waals surface area (Å²) < 4.78 is 42.0. The first-order valence-electron chi connectivity index (χ1n) is 8.41. The lowest BCUT2D eigenvalue weighted by Crippen LogP contribution is -2.17. The van der Waals surface area contributed by atoms with E-state index in [1.54, 1.807) is 31.2 Å². The molecule has 0 aliphatic heterocycles. The minimum absolute atomic E-state index is 0.329. The van der Waals surface area contributed by atoms with Gasteiger partial charge in [-0.25, -0.2) is 9.67 Å². The Hall–Kier alpha value is -4.11. The molecule has 0 bridgehead atoms. The highest BCUT2D eigenvalue weighted by molar-refractivity contribution is 5.95. The molecule has 1 heterocycles. The fraction of sp³-hybridized carbons (Fsp3) is 0.105. The number of hydrogen-bond donors (Lipinski definition) is 0. The molecule has 0 N–H and O–H groups in total. The molecule has 1 amide bonds. The van der Waals surface area contributed by atoms with Crippen LogP contribution in [0.4, 0.5) is 13.2 Å². The third-order valence-electron chi connectivity index (χ3n) is 3.91. The predicted octanol–water partition coefficient (Wildman–Crippen LogP) is 5.07. The summed E-state index contributed by atoms with van der Waals surface area (Å²) >= 11 is 0. The Bertz CT molecular complexity index is 1130. The van der Waals surface area contributed by atoms with Crippen LogP contribution in [0.1, 0.15) is 12.5 Å². The summed E-state index contributed by atoms with van der Waals surface area (Å²) in [7, 11) is 0. The smallest absolute Gasteiger partial charge is 0.406 e. The Kier molecular flexibility index (Phi) is 5.84. The first-order chi connectivity index (χ1) is 14.2. The highest BCUT2D eigenvalue weighted by atomic mass is 19.4. The SMILES string of the molecule is C/C(=C/C(=O)N=[N+]=[N-])c1ccc(-c2ncn(-c3ccc(OC(F)(F)F)cc3)n2)cc1. The fourth-order valence-electron chi connectivity index (χ4n) is 2.54. The molecule has 0 saturated carbocycles. The number of nitrogens with zero attached hydrogens (tertiary/aromatic N) is 6. The van der Waals surface area contributed by atoms with Crippen molar-refractivity contribution in [1.82, 2.24) is 14.8 Å². The molecule has 8 nitrogen and oxygen atoms in total. The highest BCUT2D eigenvalue weighted by Gasteiger charge is 2.31. The van der Waals surface area contributed by atoms with Gasteiger partial charge in [0.2, 0.25) is 5.91 Å². The van der Waals surface area contributed by atoms with E-state index in [1.165, 1.54) is 41.4 Å². The van der Waals surface area contributed by atoms with Gasteiger partial charge < -0.3 is 4.74 Å². The number of ether oxygens (including phenoxy) is 1. The van der Waals surface area contributed by atoms with E-state index in [-0.39, 0.29) is 5.75 Å². The van der Waals surface area contributed by atoms with Crippen molar-refractivity contribution in [3.05, 3.63) is 76.9 Å². The van der Waals surface area contributed by atoms with Crippen molar-refractivity contribution in [3.8, 4) is 22.8 Å². The number of aromatic nitrogens is 3. The fourth-order valence-corrected chi connectivity index (χ4v) is 2.54. The molecule has 30 heavy (non-hydrogen) atoms. The van der Waals surface area contributed by atoms with Crippen LogP contribution in [-0.4, -0.2) is 27.0 Å². The van der Waals surface area contributed by atoms with Crippen LogP contribution in [0.15, 0.2) is 66.0 Å². The van der Waals surface area contributed by atoms with Crippen molar-refractivity contribution in [2.75, 3.05) is 0 Å². The van der Waals surface area contributed by atoms with Crippen LogP contribution in [0.5, 0.6) is 5.75 Å². The maximum absolute atomic E-state index is 12.2. The van der Waals surface area contributed by atoms with E-state index < -0.39 is 12.3 Å². The van der Waals surface area contributed by atoms with Gasteiger partial charge in [0.15, 0.2) is 5.82 Å². The van der Waals surface area contributed by atoms with E-state index in [0.29, 0.717) is 22.6 Å². The van der Waals surface area contributed by atoms with Gasteiger partial charge in [0, 0.05) is 10.5 Å². The van der Waals surface area contributed by atoms with Crippen molar-refractivity contribution >= 4 is 11.5 Å². The summed E-state index contributed by atoms with van der Waals surface area (Å²) in [4.78, 5) is 18.0. The first kappa shape index (κ1) is 20.6. The van der Waals surface area contributed by atoms with Crippen molar-refractivity contribution in [2.45, 2.75) is 13.3 Å². The van der Waals surface area contributed by atoms with Gasteiger partial charge in [-0.15, -0.1) is 18.3 Å². The number of carbonyl (C=O) groups is 1. The largest absolute Gasteiger partial charge is 0.573 e. The minimum atomic E-state index is -4.75. The number of amides is 1. The molecule has 152 valence electrons. The van der Waals surface area contributed by atoms with Crippen molar-refractivity contribution in [1.29, 1.82) is 0 Å². The number of alkyl halides is 3. The summed E-state index contributed by atoms with van der Waals surface area (Å²) in [6.45, 7) is 1.71. The lowest BCUT2D eigenvalue weighted by atomic mass is 10.0. The summed E-state index contributed by atoms with van der Waals surface area (Å²) in [5, 5.41) is 7.31. The second-order valence-corrected chi connectivity index (χ2v) is 5.99. The molecule has 0 atom stereocenters. The predicted molar refractivity (Wildman–Crippen MR) is 101 cm³/mol. The number of carbonyl (C=O) groups excluding carboxylic acids is 1. The first-order valence-corrected chi connectivity index (χ1v) is 8.41. The molecule has 0 radical (unpaired) electrons. The third kappa shape index (κ3) is 5.24. The van der Waals surface area contributed by atoms with Crippen LogP contribution >= 0.6 is 0 Å². The lowest BCUT2D eigenvalue weighted by molar-refractivity contribution is -0.274. The van der Waals surface area contributed by atoms with Crippen LogP contribution in [0.2, 0.25) is 0 Å². The topological polar surface area (TPSA) is 106 Å². The van der Waals surface area contributed by atoms with Gasteiger partial charge in [-0.3, -0.25) is 4.79 Å². The molecular formula is C19H13F3N6O2. The highest BCUT2D eigenvalue weighted by Crippen LogP contribution is 2.24. The van der Waals surface area contributed by atoms with Crippen LogP contribution in [0, 0.1) is 0 Å². The van der Waals surface area contributed by atoms with E-state index in [0.717, 1.165) is 5.56 Å². The van der Waals surface area contributed by atoms with Crippen LogP contribution < -0.4 is 4.74 Å². The van der Waals surface area contributed by atoms with E-state index >= 15 is 0 Å². The number of azide groups is 1. The van der Waals surface area contributed by atoms with E-state index in [9.17, 15) is 18.0 Å². The third-order valence-corrected chi connectivity index (χ3v) is 3.91. The van der Waals surface area contributed by atoms with Gasteiger partial charge in [0.1, 0.15) is 12.1 Å². The summed E-state index contributed by atoms with van der Waals surface area (Å²) in [6.07, 6.45) is -2.09. The van der Waals surface area contributed by atoms with E-state index in [1.807, 2.05) is 0 Å². The Morgan fingerprint density at radius 2 is 1.83 bits per heavy atom. The number of allylic oxidation sites excluding steroid dienone is 1. The number of hydrogen-bond acceptors (Lipinski definition) is 4. The normalized spacial score (nSPS) is 11.7. The zero-order chi connectivity index (χ0) is 21.7. The molecule has 2 aromatic carbocycles. The van der Waals surface area contributed by atoms with Gasteiger partial charge in [-0.1, -0.05) is 24.3 Å². The molecule has 0 unspecified atom stereocenters. The Morgan fingerprint density at radius 1 is 1.17 bits per heavy atom. The van der Waals surface area contributed by atoms with Crippen molar-refractivity contribution in [3.63, 3.8) is 0 Å². The maximum Gasteiger partial charge on any atom is 0.573 e. The van der Waals surface area contributed by atoms with Gasteiger partial charge in [0.25, 0.3) is 0 Å². The Balaban J connectivity index is 1.76. The zero-order valence-electron chi connectivity index (χ0n) is 15.4. The molecule has 0 fully saturated rings. The van der Waals surface area contributed by atoms with Gasteiger partial charge in [-0.2, -0.15) is 0 Å². The maximum atomic E-state index is 12.2. The Labute approximate surface area is 167 Å². The minimum Gasteiger partial charge on any atom is -0.406 e. The summed E-state index contributed by atoms with van der Waals surface area (Å²) in [5.74, 6) is -0.611. The van der Waals surface area contributed by atoms with E-state index in [4.69, 9.17) is 5.53 Å². The molecule has 3 aromatic rings. The lowest BCUT2D eigenvalue weighted by Gasteiger charge is -2.09. The number of halogens is 3. The van der Waals surface area contributed by atoms with Gasteiger partial charge in [0.05, 0.1) is 5.69 Å². The molecule has 0 saturated heterocycles. The van der Waals surface area contributed by atoms with Gasteiger partial charge >= 0.3 is 6.36 Å². The van der Waals surface area contributed by atoms with Crippen LogP contribution in [-0.2, 0) is 4.79 Å². The second-order valence-electron chi connectivity index (χ2n) is 5.99. The standard InChI is InChI=1S/C19H13F3N6O2/c1-12(10-17(29)25-27-23)13-2-4-14(5-3-13)18-24-11-28(26-18)15-6-8-16(9-7-15)30-19(20,21)22/h2-11H,1H3/b12-10-. The van der Waals surface area contributed by atoms with E-state index in [2.05, 4.69) is 24.8 Å². The monoisotopic (exact) mass is 414 g/mol. The summed E-state index contributed by atoms with van der Waals surface area (Å²) in [6, 6.07) is 12.3. The molecule has 11 heteroatoms. The van der Waals surface area contributed by atoms with Crippen LogP contribution in [0.3, 0.4) is 0 Å². The quantitative estimate of drug-likeness (QED) is 0.251. The van der Waals surface area contributed by atoms with Crippen molar-refractivity contribution < 1.29 is 22.7 Å². The van der Waals surface area contributed by atoms with Crippen molar-refractivity contribution in [2.24, 2.45) is 5.11 Å². The second kappa shape index (κ2) is 8.50. The number of benzene rings is 2. The molecule has 0 aliphatic carbocycles. The molecule has 0 spiro atoms. The van der Waals surface area contributed by atoms with Crippen LogP contribution in [0.25, 0.3) is 33.1 Å². The zero-order valence-corrected chi connectivity index (χ0v) is 15.4. The average molecular weight is 414 g/mol. The molecular weight excluding hydrogens is 401 g/mol. The summed E-state index contributed by atoms with van der Waals surface area (Å²) in [5.41, 5.74) is 10.8. The molecule has 3 rings (SSSR count). The average Bonchev–Trinajstić information content (AvgIpc) is 3.18. The van der Waals surface area contributed by atoms with Gasteiger partial charge in [-0.05, 0) is 59.0 Å². The number of rotatable bonds is 5.